The number of aliphatic hydroxyl groups is 4. The minimum Gasteiger partial charge on any atom is -0.466 e. The van der Waals surface area contributed by atoms with E-state index in [0.29, 0.717) is 19.8 Å². The van der Waals surface area contributed by atoms with Crippen molar-refractivity contribution in [2.75, 3.05) is 94.5 Å². The summed E-state index contributed by atoms with van der Waals surface area (Å²) in [7, 11) is -0.936. The lowest BCUT2D eigenvalue weighted by molar-refractivity contribution is -0.155. The van der Waals surface area contributed by atoms with E-state index in [1.807, 2.05) is 40.8 Å². The second-order valence-corrected chi connectivity index (χ2v) is 39.5. The fourth-order valence-electron chi connectivity index (χ4n) is 5.22. The number of methoxy groups -OCH3 is 4. The lowest BCUT2D eigenvalue weighted by Gasteiger charge is -2.37. The topological polar surface area (TPSA) is 356 Å². The van der Waals surface area contributed by atoms with Crippen LogP contribution in [0.3, 0.4) is 0 Å². The number of hydrogen-bond acceptors (Lipinski definition) is 27. The molecule has 27 nitrogen and oxygen atoms in total. The molecule has 2 saturated heterocycles. The first-order chi connectivity index (χ1) is 40.6. The van der Waals surface area contributed by atoms with E-state index in [0.717, 1.165) is 62.8 Å². The SMILES string of the molecule is CC(C)(C)[Si](C)(C)OC[C@@H](O)CO.CC1(C)OC[C@@H](CO)O1.CC1(C)OC[C@@H](CO[Si](C)(C)C(C)(C)C)O1.COC(=O)/C=C/C(=O)OC[C@@H](CO)OC(=O)/C=C/C(=O)OC.COC(=O)/C=C/C(=O)OC[C@@H](CO[Si](C)(C)C(C)(C)C)OC(=O)/C=C/C(=O)OC. The van der Waals surface area contributed by atoms with E-state index >= 15 is 0 Å². The van der Waals surface area contributed by atoms with Gasteiger partial charge >= 0.3 is 47.8 Å². The van der Waals surface area contributed by atoms with Crippen molar-refractivity contribution in [1.82, 2.24) is 0 Å². The maximum Gasteiger partial charge on any atom is 0.331 e. The van der Waals surface area contributed by atoms with Gasteiger partial charge in [0.15, 0.2) is 48.7 Å². The summed E-state index contributed by atoms with van der Waals surface area (Å²) in [5.74, 6) is -7.29. The highest BCUT2D eigenvalue weighted by atomic mass is 28.4. The number of aliphatic hydroxyl groups excluding tert-OH is 4. The molecule has 5 atom stereocenters. The van der Waals surface area contributed by atoms with Crippen molar-refractivity contribution in [3.63, 3.8) is 0 Å². The summed E-state index contributed by atoms with van der Waals surface area (Å²) < 4.78 is 76.3. The van der Waals surface area contributed by atoms with Crippen molar-refractivity contribution in [3.05, 3.63) is 48.6 Å². The van der Waals surface area contributed by atoms with E-state index in [9.17, 15) is 38.4 Å². The zero-order chi connectivity index (χ0) is 69.8. The Morgan fingerprint density at radius 3 is 1.04 bits per heavy atom. The van der Waals surface area contributed by atoms with Crippen LogP contribution in [0.15, 0.2) is 48.6 Å². The molecule has 0 spiro atoms. The predicted octanol–water partition coefficient (Wildman–Crippen LogP) is 5.47. The molecular weight excluding hydrogens is 1220 g/mol. The maximum atomic E-state index is 11.9. The van der Waals surface area contributed by atoms with E-state index < -0.39 is 116 Å². The monoisotopic (exact) mass is 1330 g/mol. The third kappa shape index (κ3) is 41.8. The molecule has 0 radical (unpaired) electrons. The second kappa shape index (κ2) is 42.1. The number of carbonyl (C=O) groups is 8. The highest BCUT2D eigenvalue weighted by Gasteiger charge is 2.41. The third-order valence-electron chi connectivity index (χ3n) is 13.7. The summed E-state index contributed by atoms with van der Waals surface area (Å²) in [6, 6.07) is 0. The average molecular weight is 1330 g/mol. The fourth-order valence-corrected chi connectivity index (χ4v) is 8.33. The van der Waals surface area contributed by atoms with Gasteiger partial charge in [-0.15, -0.1) is 0 Å². The lowest BCUT2D eigenvalue weighted by atomic mass is 10.2. The van der Waals surface area contributed by atoms with Crippen LogP contribution in [0.5, 0.6) is 0 Å². The van der Waals surface area contributed by atoms with Crippen LogP contribution in [-0.2, 0) is 108 Å². The Hall–Kier alpha value is -5.07. The van der Waals surface area contributed by atoms with Crippen LogP contribution < -0.4 is 0 Å². The first kappa shape index (κ1) is 88.1. The Kier molecular flexibility index (Phi) is 41.7. The van der Waals surface area contributed by atoms with Crippen molar-refractivity contribution < 1.29 is 129 Å². The molecule has 0 aliphatic carbocycles. The summed E-state index contributed by atoms with van der Waals surface area (Å²) in [6.45, 7) is 40.2. The highest BCUT2D eigenvalue weighted by Crippen LogP contribution is 2.39. The van der Waals surface area contributed by atoms with E-state index in [1.54, 1.807) is 0 Å². The Morgan fingerprint density at radius 1 is 0.449 bits per heavy atom. The number of hydrogen-bond donors (Lipinski definition) is 4. The standard InChI is InChI=1S/C19H30O9Si.C13H16O9.C12H26O3Si.C9H22O3Si.C6H12O3/c1-19(2,3)29(6,7)27-13-14(28-18(23)11-9-16(21)25-5)12-26-17(22)10-8-15(20)24-4;1-19-10(15)3-5-12(17)21-8-9(7-14)22-13(18)6-4-11(16)20-2;1-11(2,3)16(6,7)14-9-10-8-13-12(4,5)15-10;1-9(2,3)13(4,5)12-7-8(11)6-10;1-6(2)8-4-5(3-7)9-6/h8-11,14H,12-13H2,1-7H3;3-6,9,14H,7-8H2,1-2H3;10H,8-9H2,1-7H3;8,10-11H,6-7H2,1-5H3;5,7H,3-4H2,1-2H3/b10-8+,11-9+;5-3+,6-4+;;;/t14-;9-;10-;8-;5-/m01001/s1. The Balaban J connectivity index is -0.00000109. The smallest absolute Gasteiger partial charge is 0.331 e. The van der Waals surface area contributed by atoms with Crippen LogP contribution in [0.4, 0.5) is 0 Å². The van der Waals surface area contributed by atoms with Gasteiger partial charge in [-0.3, -0.25) is 0 Å². The van der Waals surface area contributed by atoms with E-state index in [-0.39, 0.29) is 60.4 Å². The molecule has 2 fully saturated rings. The van der Waals surface area contributed by atoms with E-state index in [2.05, 4.69) is 112 Å². The van der Waals surface area contributed by atoms with Crippen molar-refractivity contribution in [3.8, 4) is 0 Å². The van der Waals surface area contributed by atoms with Crippen molar-refractivity contribution >= 4 is 72.7 Å². The second-order valence-electron chi connectivity index (χ2n) is 25.1. The molecular formula is C59H106O27Si3. The van der Waals surface area contributed by atoms with Gasteiger partial charge < -0.3 is 90.5 Å². The van der Waals surface area contributed by atoms with Crippen molar-refractivity contribution in [2.45, 2.75) is 186 Å². The molecule has 0 aromatic carbocycles. The molecule has 2 aliphatic rings. The van der Waals surface area contributed by atoms with Gasteiger partial charge in [0, 0.05) is 48.6 Å². The molecule has 0 bridgehead atoms. The molecule has 0 saturated carbocycles. The molecule has 4 N–H and O–H groups in total. The first-order valence-electron chi connectivity index (χ1n) is 28.5. The van der Waals surface area contributed by atoms with Gasteiger partial charge in [-0.1, -0.05) is 62.3 Å². The molecule has 2 rings (SSSR count). The Labute approximate surface area is 529 Å². The minimum absolute atomic E-state index is 0.00227. The first-order valence-corrected chi connectivity index (χ1v) is 37.2. The van der Waals surface area contributed by atoms with Gasteiger partial charge in [0.2, 0.25) is 0 Å². The van der Waals surface area contributed by atoms with Crippen LogP contribution in [0, 0.1) is 0 Å². The maximum absolute atomic E-state index is 11.9. The van der Waals surface area contributed by atoms with Crippen molar-refractivity contribution in [2.24, 2.45) is 0 Å². The molecule has 0 amide bonds. The van der Waals surface area contributed by atoms with Gasteiger partial charge in [0.25, 0.3) is 0 Å². The zero-order valence-corrected chi connectivity index (χ0v) is 59.8. The van der Waals surface area contributed by atoms with Crippen LogP contribution in [0.2, 0.25) is 54.4 Å². The third-order valence-corrected chi connectivity index (χ3v) is 27.2. The largest absolute Gasteiger partial charge is 0.466 e. The van der Waals surface area contributed by atoms with E-state index in [1.165, 1.54) is 14.2 Å². The van der Waals surface area contributed by atoms with Gasteiger partial charge in [-0.25, -0.2) is 38.4 Å². The molecule has 0 aromatic rings. The number of esters is 8. The summed E-state index contributed by atoms with van der Waals surface area (Å²) in [5, 5.41) is 35.7. The number of carbonyl (C=O) groups excluding carboxylic acids is 8. The van der Waals surface area contributed by atoms with Gasteiger partial charge in [0.05, 0.1) is 87.4 Å². The molecule has 2 heterocycles. The summed E-state index contributed by atoms with van der Waals surface area (Å²) in [5.41, 5.74) is 0. The molecule has 2 aliphatic heterocycles. The van der Waals surface area contributed by atoms with Gasteiger partial charge in [-0.2, -0.15) is 0 Å². The minimum atomic E-state index is -2.15. The lowest BCUT2D eigenvalue weighted by Crippen LogP contribution is -2.44. The Bertz CT molecular complexity index is 2270. The van der Waals surface area contributed by atoms with Crippen LogP contribution in [0.25, 0.3) is 0 Å². The highest BCUT2D eigenvalue weighted by molar-refractivity contribution is 6.74. The number of rotatable bonds is 26. The van der Waals surface area contributed by atoms with Crippen LogP contribution >= 0.6 is 0 Å². The fraction of sp³-hybridized carbons (Fsp3) is 0.729. The molecule has 30 heteroatoms. The van der Waals surface area contributed by atoms with E-state index in [4.69, 9.17) is 66.9 Å². The zero-order valence-electron chi connectivity index (χ0n) is 56.8. The summed E-state index contributed by atoms with van der Waals surface area (Å²) in [6.07, 6.45) is 4.13. The molecule has 516 valence electrons. The molecule has 0 unspecified atom stereocenters. The molecule has 0 aromatic heterocycles. The molecule has 89 heavy (non-hydrogen) atoms. The van der Waals surface area contributed by atoms with Crippen molar-refractivity contribution in [1.29, 1.82) is 0 Å². The van der Waals surface area contributed by atoms with Crippen LogP contribution in [0.1, 0.15) is 90.0 Å². The predicted molar refractivity (Wildman–Crippen MR) is 333 cm³/mol. The normalized spacial score (nSPS) is 17.6. The average Bonchev–Trinajstić information content (AvgIpc) is 2.55. The van der Waals surface area contributed by atoms with Gasteiger partial charge in [-0.05, 0) is 82.1 Å². The quantitative estimate of drug-likeness (QED) is 0.0361. The van der Waals surface area contributed by atoms with Gasteiger partial charge in [0.1, 0.15) is 25.4 Å². The number of ether oxygens (including phenoxy) is 12. The summed E-state index contributed by atoms with van der Waals surface area (Å²) >= 11 is 0. The van der Waals surface area contributed by atoms with Crippen LogP contribution in [-0.4, -0.2) is 230 Å². The summed E-state index contributed by atoms with van der Waals surface area (Å²) in [4.78, 5) is 89.7. The Morgan fingerprint density at radius 2 is 0.753 bits per heavy atom.